The van der Waals surface area contributed by atoms with Crippen molar-refractivity contribution in [3.63, 3.8) is 0 Å². The summed E-state index contributed by atoms with van der Waals surface area (Å²) in [7, 11) is 0. The number of nitrogens with one attached hydrogen (secondary N) is 1. The monoisotopic (exact) mass is 430 g/mol. The standard InChI is InChI=1S/C21H23BrN2O3/c22-17-6-4-16(5-7-17)14-21(26)27-15-20(25)23-18-8-10-19(11-9-18)24-12-2-1-3-13-24/h4-11H,1-3,12-15H2,(H,23,25). The quantitative estimate of drug-likeness (QED) is 0.698. The molecule has 0 atom stereocenters. The molecule has 1 N–H and O–H groups in total. The molecule has 6 heteroatoms. The summed E-state index contributed by atoms with van der Waals surface area (Å²) in [4.78, 5) is 26.2. The fourth-order valence-corrected chi connectivity index (χ4v) is 3.34. The number of carbonyl (C=O) groups is 2. The maximum atomic E-state index is 12.0. The first-order chi connectivity index (χ1) is 13.1. The predicted molar refractivity (Wildman–Crippen MR) is 110 cm³/mol. The molecule has 1 fully saturated rings. The molecule has 0 radical (unpaired) electrons. The Morgan fingerprint density at radius 1 is 0.963 bits per heavy atom. The second-order valence-electron chi connectivity index (χ2n) is 6.61. The lowest BCUT2D eigenvalue weighted by Gasteiger charge is -2.28. The van der Waals surface area contributed by atoms with Gasteiger partial charge in [0.05, 0.1) is 6.42 Å². The molecule has 0 unspecified atom stereocenters. The highest BCUT2D eigenvalue weighted by Crippen LogP contribution is 2.21. The molecule has 142 valence electrons. The Morgan fingerprint density at radius 2 is 1.63 bits per heavy atom. The molecule has 27 heavy (non-hydrogen) atoms. The average molecular weight is 431 g/mol. The number of hydrogen-bond donors (Lipinski definition) is 1. The van der Waals surface area contributed by atoms with E-state index in [9.17, 15) is 9.59 Å². The minimum atomic E-state index is -0.423. The summed E-state index contributed by atoms with van der Waals surface area (Å²) in [5.74, 6) is -0.766. The molecule has 1 saturated heterocycles. The van der Waals surface area contributed by atoms with Gasteiger partial charge in [0.25, 0.3) is 5.91 Å². The van der Waals surface area contributed by atoms with Gasteiger partial charge in [-0.25, -0.2) is 0 Å². The lowest BCUT2D eigenvalue weighted by atomic mass is 10.1. The summed E-state index contributed by atoms with van der Waals surface area (Å²) in [5.41, 5.74) is 2.72. The summed E-state index contributed by atoms with van der Waals surface area (Å²) < 4.78 is 6.01. The van der Waals surface area contributed by atoms with Crippen LogP contribution in [0.4, 0.5) is 11.4 Å². The van der Waals surface area contributed by atoms with E-state index in [1.165, 1.54) is 24.9 Å². The fourth-order valence-electron chi connectivity index (χ4n) is 3.07. The fraction of sp³-hybridized carbons (Fsp3) is 0.333. The molecule has 1 aliphatic rings. The van der Waals surface area contributed by atoms with E-state index < -0.39 is 5.97 Å². The second-order valence-corrected chi connectivity index (χ2v) is 7.52. The van der Waals surface area contributed by atoms with E-state index in [-0.39, 0.29) is 18.9 Å². The van der Waals surface area contributed by atoms with Crippen molar-refractivity contribution in [3.8, 4) is 0 Å². The first-order valence-corrected chi connectivity index (χ1v) is 9.94. The molecule has 0 aromatic heterocycles. The van der Waals surface area contributed by atoms with Gasteiger partial charge in [-0.2, -0.15) is 0 Å². The Balaban J connectivity index is 1.43. The van der Waals surface area contributed by atoms with Crippen LogP contribution in [0, 0.1) is 0 Å². The van der Waals surface area contributed by atoms with E-state index in [0.29, 0.717) is 5.69 Å². The van der Waals surface area contributed by atoms with Crippen molar-refractivity contribution in [2.75, 3.05) is 29.9 Å². The zero-order valence-corrected chi connectivity index (χ0v) is 16.7. The Bertz CT molecular complexity index is 769. The number of amides is 1. The van der Waals surface area contributed by atoms with Gasteiger partial charge in [-0.1, -0.05) is 28.1 Å². The SMILES string of the molecule is O=C(COC(=O)Cc1ccc(Br)cc1)Nc1ccc(N2CCCCC2)cc1. The third-order valence-corrected chi connectivity index (χ3v) is 5.03. The summed E-state index contributed by atoms with van der Waals surface area (Å²) in [6.45, 7) is 1.88. The number of ether oxygens (including phenoxy) is 1. The first kappa shape index (κ1) is 19.4. The zero-order chi connectivity index (χ0) is 19.1. The van der Waals surface area contributed by atoms with Crippen LogP contribution in [0.2, 0.25) is 0 Å². The van der Waals surface area contributed by atoms with Crippen molar-refractivity contribution in [2.45, 2.75) is 25.7 Å². The second kappa shape index (κ2) is 9.55. The molecule has 0 saturated carbocycles. The highest BCUT2D eigenvalue weighted by molar-refractivity contribution is 9.10. The molecule has 1 heterocycles. The Morgan fingerprint density at radius 3 is 2.30 bits per heavy atom. The van der Waals surface area contributed by atoms with Gasteiger partial charge in [0.2, 0.25) is 0 Å². The summed E-state index contributed by atoms with van der Waals surface area (Å²) in [6.07, 6.45) is 3.89. The van der Waals surface area contributed by atoms with E-state index >= 15 is 0 Å². The van der Waals surface area contributed by atoms with E-state index in [4.69, 9.17) is 4.74 Å². The number of anilines is 2. The number of nitrogens with zero attached hydrogens (tertiary/aromatic N) is 1. The molecule has 1 aliphatic heterocycles. The van der Waals surface area contributed by atoms with Crippen molar-refractivity contribution in [3.05, 3.63) is 58.6 Å². The van der Waals surface area contributed by atoms with E-state index in [1.54, 1.807) is 0 Å². The van der Waals surface area contributed by atoms with Gasteiger partial charge in [0, 0.05) is 28.9 Å². The number of carbonyl (C=O) groups excluding carboxylic acids is 2. The van der Waals surface area contributed by atoms with Gasteiger partial charge in [-0.3, -0.25) is 9.59 Å². The number of benzene rings is 2. The normalized spacial score (nSPS) is 13.9. The predicted octanol–water partition coefficient (Wildman–Crippen LogP) is 4.16. The van der Waals surface area contributed by atoms with Gasteiger partial charge in [-0.05, 0) is 61.2 Å². The lowest BCUT2D eigenvalue weighted by Crippen LogP contribution is -2.29. The van der Waals surface area contributed by atoms with Crippen molar-refractivity contribution in [1.82, 2.24) is 0 Å². The van der Waals surface area contributed by atoms with Crippen LogP contribution in [0.15, 0.2) is 53.0 Å². The van der Waals surface area contributed by atoms with Crippen LogP contribution >= 0.6 is 15.9 Å². The Labute approximate surface area is 167 Å². The highest BCUT2D eigenvalue weighted by Gasteiger charge is 2.12. The van der Waals surface area contributed by atoms with E-state index in [0.717, 1.165) is 23.1 Å². The smallest absolute Gasteiger partial charge is 0.310 e. The van der Waals surface area contributed by atoms with Crippen LogP contribution in [-0.4, -0.2) is 31.6 Å². The van der Waals surface area contributed by atoms with Crippen LogP contribution in [-0.2, 0) is 20.7 Å². The molecule has 2 aromatic rings. The molecular weight excluding hydrogens is 408 g/mol. The Kier molecular flexibility index (Phi) is 6.87. The summed E-state index contributed by atoms with van der Waals surface area (Å²) >= 11 is 3.35. The summed E-state index contributed by atoms with van der Waals surface area (Å²) in [6, 6.07) is 15.2. The molecule has 0 bridgehead atoms. The molecule has 0 spiro atoms. The number of esters is 1. The minimum absolute atomic E-state index is 0.144. The number of piperidine rings is 1. The van der Waals surface area contributed by atoms with Gasteiger partial charge >= 0.3 is 5.97 Å². The van der Waals surface area contributed by atoms with Crippen LogP contribution in [0.5, 0.6) is 0 Å². The van der Waals surface area contributed by atoms with Crippen molar-refractivity contribution >= 4 is 39.2 Å². The maximum absolute atomic E-state index is 12.0. The lowest BCUT2D eigenvalue weighted by molar-refractivity contribution is -0.146. The topological polar surface area (TPSA) is 58.6 Å². The van der Waals surface area contributed by atoms with Crippen LogP contribution in [0.25, 0.3) is 0 Å². The molecule has 1 amide bonds. The third-order valence-electron chi connectivity index (χ3n) is 4.50. The molecule has 2 aromatic carbocycles. The highest BCUT2D eigenvalue weighted by atomic mass is 79.9. The average Bonchev–Trinajstić information content (AvgIpc) is 2.69. The molecular formula is C21H23BrN2O3. The molecule has 0 aliphatic carbocycles. The number of rotatable bonds is 6. The molecule has 3 rings (SSSR count). The van der Waals surface area contributed by atoms with Crippen molar-refractivity contribution in [2.24, 2.45) is 0 Å². The number of halogens is 1. The van der Waals surface area contributed by atoms with E-state index in [1.807, 2.05) is 48.5 Å². The van der Waals surface area contributed by atoms with E-state index in [2.05, 4.69) is 26.1 Å². The van der Waals surface area contributed by atoms with Crippen LogP contribution < -0.4 is 10.2 Å². The Hall–Kier alpha value is -2.34. The first-order valence-electron chi connectivity index (χ1n) is 9.15. The van der Waals surface area contributed by atoms with Crippen LogP contribution in [0.3, 0.4) is 0 Å². The number of hydrogen-bond acceptors (Lipinski definition) is 4. The van der Waals surface area contributed by atoms with Crippen LogP contribution in [0.1, 0.15) is 24.8 Å². The third kappa shape index (κ3) is 6.10. The molecule has 5 nitrogen and oxygen atoms in total. The van der Waals surface area contributed by atoms with Gasteiger partial charge in [0.15, 0.2) is 6.61 Å². The van der Waals surface area contributed by atoms with Gasteiger partial charge < -0.3 is 15.0 Å². The minimum Gasteiger partial charge on any atom is -0.455 e. The largest absolute Gasteiger partial charge is 0.455 e. The van der Waals surface area contributed by atoms with Crippen molar-refractivity contribution < 1.29 is 14.3 Å². The van der Waals surface area contributed by atoms with Gasteiger partial charge in [0.1, 0.15) is 0 Å². The van der Waals surface area contributed by atoms with Crippen molar-refractivity contribution in [1.29, 1.82) is 0 Å². The maximum Gasteiger partial charge on any atom is 0.310 e. The zero-order valence-electron chi connectivity index (χ0n) is 15.1. The van der Waals surface area contributed by atoms with Gasteiger partial charge in [-0.15, -0.1) is 0 Å². The summed E-state index contributed by atoms with van der Waals surface area (Å²) in [5, 5.41) is 2.76.